The van der Waals surface area contributed by atoms with Crippen LogP contribution in [0.15, 0.2) is 53.3 Å². The van der Waals surface area contributed by atoms with E-state index in [1.165, 1.54) is 4.57 Å². The molecule has 1 atom stereocenters. The predicted octanol–water partition coefficient (Wildman–Crippen LogP) is 5.26. The highest BCUT2D eigenvalue weighted by Crippen LogP contribution is 2.26. The second-order valence-electron chi connectivity index (χ2n) is 8.45. The van der Waals surface area contributed by atoms with Crippen LogP contribution >= 0.6 is 11.6 Å². The van der Waals surface area contributed by atoms with E-state index in [4.69, 9.17) is 21.3 Å². The van der Waals surface area contributed by atoms with Crippen molar-refractivity contribution in [2.45, 2.75) is 46.3 Å². The highest BCUT2D eigenvalue weighted by Gasteiger charge is 2.28. The van der Waals surface area contributed by atoms with Gasteiger partial charge in [0.15, 0.2) is 0 Å². The Morgan fingerprint density at radius 2 is 1.77 bits per heavy atom. The lowest BCUT2D eigenvalue weighted by Gasteiger charge is -2.27. The Kier molecular flexibility index (Phi) is 6.17. The van der Waals surface area contributed by atoms with Gasteiger partial charge in [0.2, 0.25) is 0 Å². The number of hydrogen-bond acceptors (Lipinski definition) is 4. The highest BCUT2D eigenvalue weighted by atomic mass is 35.5. The van der Waals surface area contributed by atoms with Crippen LogP contribution < -0.4 is 10.9 Å². The molecule has 1 unspecified atom stereocenters. The summed E-state index contributed by atoms with van der Waals surface area (Å²) in [5.41, 5.74) is 0.188. The van der Waals surface area contributed by atoms with Gasteiger partial charge in [0.25, 0.3) is 5.56 Å². The number of rotatable bonds is 4. The number of hydrogen-bond donors (Lipinski definition) is 1. The number of nitrogens with one attached hydrogen (secondary N) is 1. The second-order valence-corrected chi connectivity index (χ2v) is 8.86. The maximum absolute atomic E-state index is 13.5. The fourth-order valence-electron chi connectivity index (χ4n) is 3.21. The van der Waals surface area contributed by atoms with Gasteiger partial charge in [0.1, 0.15) is 11.4 Å². The molecule has 6 nitrogen and oxygen atoms in total. The summed E-state index contributed by atoms with van der Waals surface area (Å²) < 4.78 is 6.95. The standard InChI is InChI=1S/C23H26ClN3O3/c1-14(2)19(26-22(29)30-23(3,4)5)20-25-17-13-9-12-16(24)18(17)21(28)27(20)15-10-7-6-8-11-15/h6-14,19H,1-5H3,(H,26,29). The minimum Gasteiger partial charge on any atom is -0.444 e. The molecule has 0 fully saturated rings. The van der Waals surface area contributed by atoms with Crippen LogP contribution in [0.1, 0.15) is 46.5 Å². The van der Waals surface area contributed by atoms with Gasteiger partial charge in [-0.3, -0.25) is 9.36 Å². The van der Waals surface area contributed by atoms with Crippen molar-refractivity contribution < 1.29 is 9.53 Å². The summed E-state index contributed by atoms with van der Waals surface area (Å²) in [5.74, 6) is 0.359. The molecule has 0 bridgehead atoms. The van der Waals surface area contributed by atoms with Crippen molar-refractivity contribution in [1.29, 1.82) is 0 Å². The molecule has 158 valence electrons. The minimum atomic E-state index is -0.644. The summed E-state index contributed by atoms with van der Waals surface area (Å²) in [7, 11) is 0. The number of halogens is 1. The molecular weight excluding hydrogens is 402 g/mol. The van der Waals surface area contributed by atoms with Gasteiger partial charge >= 0.3 is 6.09 Å². The van der Waals surface area contributed by atoms with Crippen LogP contribution in [0.5, 0.6) is 0 Å². The Balaban J connectivity index is 2.24. The van der Waals surface area contributed by atoms with Crippen LogP contribution in [0.2, 0.25) is 5.02 Å². The topological polar surface area (TPSA) is 73.2 Å². The molecule has 0 aliphatic heterocycles. The highest BCUT2D eigenvalue weighted by molar-refractivity contribution is 6.35. The zero-order valence-corrected chi connectivity index (χ0v) is 18.5. The molecule has 0 saturated heterocycles. The van der Waals surface area contributed by atoms with Crippen molar-refractivity contribution >= 4 is 28.6 Å². The SMILES string of the molecule is CC(C)C(NC(=O)OC(C)(C)C)c1nc2cccc(Cl)c2c(=O)n1-c1ccccc1. The summed E-state index contributed by atoms with van der Waals surface area (Å²) in [6.07, 6.45) is -0.568. The van der Waals surface area contributed by atoms with E-state index in [9.17, 15) is 9.59 Å². The first-order valence-corrected chi connectivity index (χ1v) is 10.2. The Hall–Kier alpha value is -2.86. The molecule has 3 rings (SSSR count). The summed E-state index contributed by atoms with van der Waals surface area (Å²) >= 11 is 6.33. The molecule has 0 saturated carbocycles. The zero-order chi connectivity index (χ0) is 22.1. The maximum atomic E-state index is 13.5. The lowest BCUT2D eigenvalue weighted by atomic mass is 10.0. The molecule has 3 aromatic rings. The number of carbonyl (C=O) groups is 1. The lowest BCUT2D eigenvalue weighted by Crippen LogP contribution is -2.40. The molecule has 30 heavy (non-hydrogen) atoms. The van der Waals surface area contributed by atoms with Crippen LogP contribution in [-0.4, -0.2) is 21.2 Å². The van der Waals surface area contributed by atoms with Crippen LogP contribution in [0.4, 0.5) is 4.79 Å². The number of para-hydroxylation sites is 1. The number of carbonyl (C=O) groups excluding carboxylic acids is 1. The van der Waals surface area contributed by atoms with Crippen LogP contribution in [0.3, 0.4) is 0 Å². The van der Waals surface area contributed by atoms with E-state index < -0.39 is 17.7 Å². The zero-order valence-electron chi connectivity index (χ0n) is 17.8. The predicted molar refractivity (Wildman–Crippen MR) is 119 cm³/mol. The van der Waals surface area contributed by atoms with Crippen molar-refractivity contribution in [3.8, 4) is 5.69 Å². The Morgan fingerprint density at radius 3 is 2.37 bits per heavy atom. The van der Waals surface area contributed by atoms with Crippen molar-refractivity contribution in [2.75, 3.05) is 0 Å². The Labute approximate surface area is 180 Å². The molecular formula is C23H26ClN3O3. The Morgan fingerprint density at radius 1 is 1.10 bits per heavy atom. The van der Waals surface area contributed by atoms with E-state index in [0.717, 1.165) is 0 Å². The van der Waals surface area contributed by atoms with Gasteiger partial charge in [0, 0.05) is 0 Å². The number of nitrogens with zero attached hydrogens (tertiary/aromatic N) is 2. The smallest absolute Gasteiger partial charge is 0.408 e. The summed E-state index contributed by atoms with van der Waals surface area (Å²) in [5, 5.41) is 3.56. The number of fused-ring (bicyclic) bond motifs is 1. The first kappa shape index (κ1) is 21.8. The van der Waals surface area contributed by atoms with Crippen molar-refractivity contribution in [3.05, 3.63) is 69.7 Å². The molecule has 0 aliphatic rings. The monoisotopic (exact) mass is 427 g/mol. The average molecular weight is 428 g/mol. The second kappa shape index (κ2) is 8.48. The number of ether oxygens (including phenoxy) is 1. The molecule has 1 aromatic heterocycles. The third kappa shape index (κ3) is 4.65. The molecule has 2 aromatic carbocycles. The van der Waals surface area contributed by atoms with E-state index in [0.29, 0.717) is 27.4 Å². The first-order valence-electron chi connectivity index (χ1n) is 9.84. The van der Waals surface area contributed by atoms with Crippen LogP contribution in [-0.2, 0) is 4.74 Å². The lowest BCUT2D eigenvalue weighted by molar-refractivity contribution is 0.0485. The largest absolute Gasteiger partial charge is 0.444 e. The fraction of sp³-hybridized carbons (Fsp3) is 0.348. The minimum absolute atomic E-state index is 0.0592. The van der Waals surface area contributed by atoms with E-state index in [1.807, 2.05) is 44.2 Å². The quantitative estimate of drug-likeness (QED) is 0.616. The van der Waals surface area contributed by atoms with E-state index in [2.05, 4.69) is 5.32 Å². The molecule has 7 heteroatoms. The van der Waals surface area contributed by atoms with Crippen LogP contribution in [0.25, 0.3) is 16.6 Å². The summed E-state index contributed by atoms with van der Waals surface area (Å²) in [4.78, 5) is 30.8. The number of amides is 1. The van der Waals surface area contributed by atoms with Gasteiger partial charge in [-0.15, -0.1) is 0 Å². The van der Waals surface area contributed by atoms with Crippen molar-refractivity contribution in [3.63, 3.8) is 0 Å². The number of benzene rings is 2. The maximum Gasteiger partial charge on any atom is 0.408 e. The summed E-state index contributed by atoms with van der Waals surface area (Å²) in [6.45, 7) is 9.30. The first-order chi connectivity index (χ1) is 14.1. The van der Waals surface area contributed by atoms with Crippen molar-refractivity contribution in [1.82, 2.24) is 14.9 Å². The Bertz CT molecular complexity index is 1120. The molecule has 1 amide bonds. The van der Waals surface area contributed by atoms with Gasteiger partial charge in [-0.2, -0.15) is 0 Å². The molecule has 0 radical (unpaired) electrons. The number of alkyl carbamates (subject to hydrolysis) is 1. The van der Waals surface area contributed by atoms with Gasteiger partial charge in [-0.25, -0.2) is 9.78 Å². The fourth-order valence-corrected chi connectivity index (χ4v) is 3.46. The van der Waals surface area contributed by atoms with Crippen LogP contribution in [0, 0.1) is 5.92 Å². The normalized spacial score (nSPS) is 12.8. The van der Waals surface area contributed by atoms with Gasteiger partial charge in [0.05, 0.1) is 27.7 Å². The average Bonchev–Trinajstić information content (AvgIpc) is 2.65. The van der Waals surface area contributed by atoms with E-state index in [1.54, 1.807) is 39.0 Å². The van der Waals surface area contributed by atoms with Gasteiger partial charge in [-0.1, -0.05) is 49.7 Å². The third-order valence-electron chi connectivity index (χ3n) is 4.50. The van der Waals surface area contributed by atoms with Gasteiger partial charge in [-0.05, 0) is 51.0 Å². The molecule has 1 heterocycles. The molecule has 1 N–H and O–H groups in total. The molecule has 0 spiro atoms. The van der Waals surface area contributed by atoms with Gasteiger partial charge < -0.3 is 10.1 Å². The summed E-state index contributed by atoms with van der Waals surface area (Å²) in [6, 6.07) is 13.8. The van der Waals surface area contributed by atoms with E-state index in [-0.39, 0.29) is 11.5 Å². The van der Waals surface area contributed by atoms with E-state index >= 15 is 0 Å². The third-order valence-corrected chi connectivity index (χ3v) is 4.82. The number of aromatic nitrogens is 2. The van der Waals surface area contributed by atoms with Crippen molar-refractivity contribution in [2.24, 2.45) is 5.92 Å². The molecule has 0 aliphatic carbocycles.